The van der Waals surface area contributed by atoms with Crippen molar-refractivity contribution in [2.75, 3.05) is 13.2 Å². The third kappa shape index (κ3) is 34.8. The Kier molecular flexibility index (Phi) is 43.0. The summed E-state index contributed by atoms with van der Waals surface area (Å²) in [5.74, 6) is -1.26. The van der Waals surface area contributed by atoms with Crippen LogP contribution in [0.25, 0.3) is 0 Å². The summed E-state index contributed by atoms with van der Waals surface area (Å²) in [5.41, 5.74) is 0. The van der Waals surface area contributed by atoms with Crippen LogP contribution in [0.1, 0.15) is 201 Å². The average Bonchev–Trinajstić information content (AvgIpc) is 3.36. The van der Waals surface area contributed by atoms with Crippen molar-refractivity contribution in [3.05, 3.63) is 97.2 Å². The van der Waals surface area contributed by atoms with Gasteiger partial charge in [0, 0.05) is 6.42 Å². The van der Waals surface area contributed by atoms with E-state index in [0.29, 0.717) is 12.8 Å². The summed E-state index contributed by atoms with van der Waals surface area (Å²) >= 11 is 0. The first-order chi connectivity index (χ1) is 34.2. The minimum atomic E-state index is -1.63. The number of amides is 1. The van der Waals surface area contributed by atoms with Crippen LogP contribution in [0.5, 0.6) is 0 Å². The summed E-state index contributed by atoms with van der Waals surface area (Å²) in [5, 5.41) is 56.7. The Labute approximate surface area is 425 Å². The van der Waals surface area contributed by atoms with Crippen molar-refractivity contribution < 1.29 is 49.3 Å². The molecule has 1 saturated heterocycles. The Balaban J connectivity index is 2.81. The van der Waals surface area contributed by atoms with Gasteiger partial charge in [0.2, 0.25) is 5.91 Å². The zero-order valence-electron chi connectivity index (χ0n) is 43.8. The van der Waals surface area contributed by atoms with Crippen LogP contribution >= 0.6 is 0 Å². The Morgan fingerprint density at radius 1 is 0.586 bits per heavy atom. The summed E-state index contributed by atoms with van der Waals surface area (Å²) in [7, 11) is 0. The molecule has 8 atom stereocenters. The van der Waals surface area contributed by atoms with Crippen LogP contribution < -0.4 is 5.32 Å². The molecule has 0 radical (unpaired) electrons. The second-order valence-electron chi connectivity index (χ2n) is 18.7. The molecule has 1 amide bonds. The van der Waals surface area contributed by atoms with E-state index in [0.717, 1.165) is 96.3 Å². The molecule has 0 saturated carbocycles. The smallest absolute Gasteiger partial charge is 0.306 e. The normalized spacial score (nSPS) is 20.5. The highest BCUT2D eigenvalue weighted by atomic mass is 16.7. The van der Waals surface area contributed by atoms with Gasteiger partial charge < -0.3 is 45.1 Å². The van der Waals surface area contributed by atoms with E-state index in [1.165, 1.54) is 57.8 Å². The highest BCUT2D eigenvalue weighted by molar-refractivity contribution is 5.80. The Hall–Kier alpha value is -3.42. The van der Waals surface area contributed by atoms with Gasteiger partial charge in [0.1, 0.15) is 24.4 Å². The van der Waals surface area contributed by atoms with Gasteiger partial charge in [-0.2, -0.15) is 0 Å². The lowest BCUT2D eigenvalue weighted by molar-refractivity contribution is -0.305. The number of nitrogens with one attached hydrogen (secondary N) is 1. The highest BCUT2D eigenvalue weighted by Crippen LogP contribution is 2.26. The summed E-state index contributed by atoms with van der Waals surface area (Å²) in [6, 6.07) is -1.05. The summed E-state index contributed by atoms with van der Waals surface area (Å²) in [6.07, 6.45) is 50.2. The van der Waals surface area contributed by atoms with E-state index >= 15 is 0 Å². The van der Waals surface area contributed by atoms with E-state index in [9.17, 15) is 35.1 Å². The van der Waals surface area contributed by atoms with Gasteiger partial charge in [-0.05, 0) is 70.6 Å². The second-order valence-corrected chi connectivity index (χ2v) is 18.7. The molecule has 1 heterocycles. The quantitative estimate of drug-likeness (QED) is 0.0149. The predicted molar refractivity (Wildman–Crippen MR) is 287 cm³/mol. The number of hydrogen-bond acceptors (Lipinski definition) is 10. The van der Waals surface area contributed by atoms with E-state index in [1.807, 2.05) is 60.8 Å². The molecular formula is C59H99NO10. The van der Waals surface area contributed by atoms with Crippen LogP contribution in [0.3, 0.4) is 0 Å². The zero-order valence-corrected chi connectivity index (χ0v) is 43.8. The lowest BCUT2D eigenvalue weighted by Crippen LogP contribution is -2.61. The molecule has 0 aromatic heterocycles. The molecule has 0 spiro atoms. The van der Waals surface area contributed by atoms with Crippen molar-refractivity contribution in [1.29, 1.82) is 0 Å². The standard InChI is InChI=1S/C59H99NO10/c1-4-7-10-13-16-19-22-25-28-31-34-37-40-43-46-52(63)58(67)60-50(51(62)45-42-39-36-33-30-27-24-21-18-15-12-9-6-3)49-68-59-57(56(66)55(65)53(48-61)69-59)70-54(64)47-44-41-38-35-32-29-26-23-20-17-14-11-8-5-2/h7-8,10-11,13,16-17,19-20,22,25,28,31,34,42,45,50-53,55-57,59,61-63,65-66H,4-6,9,12,14-15,18,21,23-24,26-27,29-30,32-33,35-41,43-44,46-49H2,1-3H3,(H,60,67)/b10-7+,11-8+,16-13+,20-17+,22-19-,28-25-,34-31+,45-42+. The van der Waals surface area contributed by atoms with Crippen LogP contribution in [0.4, 0.5) is 0 Å². The number of ether oxygens (including phenoxy) is 3. The van der Waals surface area contributed by atoms with E-state index in [-0.39, 0.29) is 19.4 Å². The van der Waals surface area contributed by atoms with Gasteiger partial charge in [-0.15, -0.1) is 0 Å². The van der Waals surface area contributed by atoms with E-state index < -0.39 is 67.4 Å². The molecule has 1 aliphatic heterocycles. The van der Waals surface area contributed by atoms with Crippen LogP contribution in [-0.2, 0) is 23.8 Å². The Morgan fingerprint density at radius 2 is 1.10 bits per heavy atom. The van der Waals surface area contributed by atoms with Crippen molar-refractivity contribution in [3.8, 4) is 0 Å². The molecule has 11 nitrogen and oxygen atoms in total. The van der Waals surface area contributed by atoms with Gasteiger partial charge in [0.25, 0.3) is 0 Å². The van der Waals surface area contributed by atoms with Crippen molar-refractivity contribution in [3.63, 3.8) is 0 Å². The number of carbonyl (C=O) groups is 2. The number of aliphatic hydroxyl groups is 5. The number of esters is 1. The maximum Gasteiger partial charge on any atom is 0.306 e. The van der Waals surface area contributed by atoms with Crippen LogP contribution in [-0.4, -0.2) is 99.6 Å². The molecule has 0 aromatic rings. The number of allylic oxidation sites excluding steroid dienone is 15. The first kappa shape index (κ1) is 64.6. The predicted octanol–water partition coefficient (Wildman–Crippen LogP) is 12.0. The van der Waals surface area contributed by atoms with E-state index in [1.54, 1.807) is 6.08 Å². The first-order valence-corrected chi connectivity index (χ1v) is 27.6. The molecule has 11 heteroatoms. The minimum Gasteiger partial charge on any atom is -0.454 e. The zero-order chi connectivity index (χ0) is 51.1. The van der Waals surface area contributed by atoms with Crippen molar-refractivity contribution in [1.82, 2.24) is 5.32 Å². The molecule has 0 bridgehead atoms. The fourth-order valence-electron chi connectivity index (χ4n) is 8.00. The summed E-state index contributed by atoms with van der Waals surface area (Å²) in [4.78, 5) is 26.4. The molecule has 400 valence electrons. The Morgan fingerprint density at radius 3 is 1.70 bits per heavy atom. The SMILES string of the molecule is CC/C=C/C=C/C=C\C=C/C=C/CCCCC(O)C(=O)NC(COC1OC(CO)C(O)C(O)C1OC(=O)CCCCCCCCC/C=C/C/C=C/CC)C(O)/C=C/CCCCCCCCCCCCC. The Bertz CT molecular complexity index is 1500. The van der Waals surface area contributed by atoms with Crippen molar-refractivity contribution in [2.24, 2.45) is 0 Å². The monoisotopic (exact) mass is 982 g/mol. The number of hydrogen-bond donors (Lipinski definition) is 6. The number of rotatable bonds is 44. The van der Waals surface area contributed by atoms with Gasteiger partial charge in [0.05, 0.1) is 25.4 Å². The van der Waals surface area contributed by atoms with Gasteiger partial charge in [0.15, 0.2) is 12.4 Å². The van der Waals surface area contributed by atoms with Crippen LogP contribution in [0, 0.1) is 0 Å². The maximum absolute atomic E-state index is 13.3. The molecular weight excluding hydrogens is 883 g/mol. The number of carbonyl (C=O) groups excluding carboxylic acids is 2. The van der Waals surface area contributed by atoms with Crippen molar-refractivity contribution in [2.45, 2.75) is 250 Å². The molecule has 0 aliphatic carbocycles. The molecule has 0 aromatic carbocycles. The van der Waals surface area contributed by atoms with E-state index in [2.05, 4.69) is 56.5 Å². The second kappa shape index (κ2) is 46.6. The lowest BCUT2D eigenvalue weighted by Gasteiger charge is -2.41. The van der Waals surface area contributed by atoms with Crippen LogP contribution in [0.15, 0.2) is 97.2 Å². The fraction of sp³-hybridized carbons (Fsp3) is 0.695. The number of aliphatic hydroxyl groups excluding tert-OH is 5. The average molecular weight is 982 g/mol. The van der Waals surface area contributed by atoms with Gasteiger partial charge >= 0.3 is 5.97 Å². The van der Waals surface area contributed by atoms with Gasteiger partial charge in [-0.1, -0.05) is 221 Å². The largest absolute Gasteiger partial charge is 0.454 e. The molecule has 1 fully saturated rings. The topological polar surface area (TPSA) is 175 Å². The van der Waals surface area contributed by atoms with Crippen LogP contribution in [0.2, 0.25) is 0 Å². The molecule has 8 unspecified atom stereocenters. The molecule has 6 N–H and O–H groups in total. The maximum atomic E-state index is 13.3. The van der Waals surface area contributed by atoms with Gasteiger partial charge in [-0.25, -0.2) is 0 Å². The van der Waals surface area contributed by atoms with Gasteiger partial charge in [-0.3, -0.25) is 9.59 Å². The molecule has 1 aliphatic rings. The third-order valence-corrected chi connectivity index (χ3v) is 12.4. The lowest BCUT2D eigenvalue weighted by atomic mass is 9.99. The minimum absolute atomic E-state index is 0.104. The van der Waals surface area contributed by atoms with Crippen molar-refractivity contribution >= 4 is 11.9 Å². The fourth-order valence-corrected chi connectivity index (χ4v) is 8.00. The summed E-state index contributed by atoms with van der Waals surface area (Å²) < 4.78 is 17.5. The summed E-state index contributed by atoms with van der Waals surface area (Å²) in [6.45, 7) is 5.47. The molecule has 1 rings (SSSR count). The first-order valence-electron chi connectivity index (χ1n) is 27.6. The number of unbranched alkanes of at least 4 members (excludes halogenated alkanes) is 20. The highest BCUT2D eigenvalue weighted by Gasteiger charge is 2.47. The molecule has 70 heavy (non-hydrogen) atoms. The third-order valence-electron chi connectivity index (χ3n) is 12.4. The van der Waals surface area contributed by atoms with E-state index in [4.69, 9.17) is 14.2 Å².